The molecule has 0 spiro atoms. The van der Waals surface area contributed by atoms with Crippen molar-refractivity contribution in [3.63, 3.8) is 0 Å². The van der Waals surface area contributed by atoms with Gasteiger partial charge in [0.05, 0.1) is 44.2 Å². The summed E-state index contributed by atoms with van der Waals surface area (Å²) in [6.07, 6.45) is -12.3. The third kappa shape index (κ3) is 8.15. The van der Waals surface area contributed by atoms with Gasteiger partial charge in [0.1, 0.15) is 6.61 Å². The topological polar surface area (TPSA) is 77.5 Å². The number of halogens is 9. The molecule has 0 N–H and O–H groups in total. The summed E-state index contributed by atoms with van der Waals surface area (Å²) in [6.45, 7) is 0.241. The predicted octanol–water partition coefficient (Wildman–Crippen LogP) is 8.16. The maximum atomic E-state index is 13.5. The minimum Gasteiger partial charge on any atom is -0.493 e. The molecule has 2 amide bonds. The lowest BCUT2D eigenvalue weighted by Gasteiger charge is -2.42. The van der Waals surface area contributed by atoms with Crippen molar-refractivity contribution < 1.29 is 54.9 Å². The number of methoxy groups -OCH3 is 3. The molecule has 2 aromatic rings. The number of benzene rings is 2. The highest BCUT2D eigenvalue weighted by atomic mass is 35.6. The molecule has 43 heavy (non-hydrogen) atoms. The summed E-state index contributed by atoms with van der Waals surface area (Å²) in [4.78, 5) is 28.3. The Morgan fingerprint density at radius 2 is 1.44 bits per heavy atom. The Bertz CT molecular complexity index is 1320. The van der Waals surface area contributed by atoms with E-state index in [0.717, 1.165) is 12.0 Å². The number of amides is 2. The highest BCUT2D eigenvalue weighted by Crippen LogP contribution is 2.47. The van der Waals surface area contributed by atoms with Crippen molar-refractivity contribution in [1.82, 2.24) is 4.90 Å². The van der Waals surface area contributed by atoms with Crippen LogP contribution in [0.25, 0.3) is 0 Å². The molecule has 0 radical (unpaired) electrons. The Labute approximate surface area is 257 Å². The van der Waals surface area contributed by atoms with Gasteiger partial charge in [-0.05, 0) is 43.2 Å². The minimum absolute atomic E-state index is 0.0121. The highest BCUT2D eigenvalue weighted by Gasteiger charge is 2.42. The smallest absolute Gasteiger partial charge is 0.416 e. The van der Waals surface area contributed by atoms with Gasteiger partial charge in [-0.2, -0.15) is 26.3 Å². The summed E-state index contributed by atoms with van der Waals surface area (Å²) in [5.41, 5.74) is -3.21. The number of anilines is 1. The van der Waals surface area contributed by atoms with Crippen molar-refractivity contribution in [2.24, 2.45) is 0 Å². The molecule has 0 aliphatic carbocycles. The second-order valence-electron chi connectivity index (χ2n) is 9.42. The van der Waals surface area contributed by atoms with E-state index in [-0.39, 0.29) is 35.2 Å². The van der Waals surface area contributed by atoms with Crippen LogP contribution in [-0.2, 0) is 28.4 Å². The molecule has 1 aliphatic rings. The summed E-state index contributed by atoms with van der Waals surface area (Å²) in [5.74, 6) is 0.309. The Hall–Kier alpha value is -2.97. The number of rotatable bonds is 6. The molecule has 8 nitrogen and oxygen atoms in total. The second-order valence-corrected chi connectivity index (χ2v) is 11.9. The molecular weight excluding hydrogens is 657 g/mol. The fourth-order valence-electron chi connectivity index (χ4n) is 4.67. The zero-order chi connectivity index (χ0) is 32.5. The van der Waals surface area contributed by atoms with Crippen molar-refractivity contribution in [2.75, 3.05) is 32.8 Å². The van der Waals surface area contributed by atoms with E-state index in [9.17, 15) is 35.9 Å². The Kier molecular flexibility index (Phi) is 10.4. The Balaban J connectivity index is 2.18. The van der Waals surface area contributed by atoms with Gasteiger partial charge in [0.2, 0.25) is 3.79 Å². The molecule has 1 heterocycles. The van der Waals surface area contributed by atoms with Crippen LogP contribution in [0.15, 0.2) is 30.3 Å². The van der Waals surface area contributed by atoms with Gasteiger partial charge in [-0.15, -0.1) is 0 Å². The summed E-state index contributed by atoms with van der Waals surface area (Å²) < 4.78 is 100. The van der Waals surface area contributed by atoms with E-state index in [0.29, 0.717) is 12.1 Å². The Morgan fingerprint density at radius 3 is 1.91 bits per heavy atom. The molecule has 0 bridgehead atoms. The zero-order valence-corrected chi connectivity index (χ0v) is 25.2. The van der Waals surface area contributed by atoms with Crippen LogP contribution < -0.4 is 14.4 Å². The normalized spacial score (nSPS) is 17.2. The average molecular weight is 682 g/mol. The number of hydrogen-bond donors (Lipinski definition) is 0. The van der Waals surface area contributed by atoms with E-state index in [1.165, 1.54) is 31.3 Å². The summed E-state index contributed by atoms with van der Waals surface area (Å²) in [5, 5.41) is 0. The minimum atomic E-state index is -5.10. The molecule has 2 unspecified atom stereocenters. The summed E-state index contributed by atoms with van der Waals surface area (Å²) in [6, 6.07) is 2.04. The van der Waals surface area contributed by atoms with Gasteiger partial charge in [-0.1, -0.05) is 34.8 Å². The van der Waals surface area contributed by atoms with Gasteiger partial charge >= 0.3 is 24.5 Å². The SMILES string of the molecule is COC(=O)N(Cc1cc(C(F)(F)F)cc(C(F)(F)F)c1)C1CC(C)N(C(=O)OCC(Cl)(Cl)Cl)c2cc(OC)c(OC)cc21. The van der Waals surface area contributed by atoms with E-state index < -0.39 is 70.3 Å². The molecular formula is C26H25Cl3F6N2O6. The van der Waals surface area contributed by atoms with Crippen LogP contribution >= 0.6 is 34.8 Å². The number of ether oxygens (including phenoxy) is 4. The second kappa shape index (κ2) is 12.9. The molecule has 2 aromatic carbocycles. The van der Waals surface area contributed by atoms with Gasteiger partial charge in [-0.25, -0.2) is 9.59 Å². The van der Waals surface area contributed by atoms with E-state index in [1.807, 2.05) is 0 Å². The fourth-order valence-corrected chi connectivity index (χ4v) is 4.83. The zero-order valence-electron chi connectivity index (χ0n) is 22.9. The van der Waals surface area contributed by atoms with Crippen molar-refractivity contribution >= 4 is 52.7 Å². The fraction of sp³-hybridized carbons (Fsp3) is 0.462. The van der Waals surface area contributed by atoms with Gasteiger partial charge in [0, 0.05) is 24.2 Å². The van der Waals surface area contributed by atoms with Crippen molar-refractivity contribution in [3.05, 3.63) is 52.6 Å². The molecule has 1 aliphatic heterocycles. The van der Waals surface area contributed by atoms with Gasteiger partial charge < -0.3 is 18.9 Å². The average Bonchev–Trinajstić information content (AvgIpc) is 2.91. The van der Waals surface area contributed by atoms with Gasteiger partial charge in [0.25, 0.3) is 0 Å². The first-order chi connectivity index (χ1) is 19.8. The number of alkyl halides is 9. The van der Waals surface area contributed by atoms with Crippen LogP contribution in [-0.4, -0.2) is 54.9 Å². The number of fused-ring (bicyclic) bond motifs is 1. The van der Waals surface area contributed by atoms with Gasteiger partial charge in [0.15, 0.2) is 11.5 Å². The molecule has 17 heteroatoms. The third-order valence-corrected chi connectivity index (χ3v) is 6.83. The van der Waals surface area contributed by atoms with Gasteiger partial charge in [-0.3, -0.25) is 9.80 Å². The van der Waals surface area contributed by atoms with Crippen molar-refractivity contribution in [3.8, 4) is 11.5 Å². The van der Waals surface area contributed by atoms with Crippen molar-refractivity contribution in [1.29, 1.82) is 0 Å². The van der Waals surface area contributed by atoms with Crippen LogP contribution in [0.2, 0.25) is 0 Å². The molecule has 0 fully saturated rings. The monoisotopic (exact) mass is 680 g/mol. The molecule has 3 rings (SSSR count). The first kappa shape index (κ1) is 34.5. The van der Waals surface area contributed by atoms with E-state index in [4.69, 9.17) is 53.8 Å². The van der Waals surface area contributed by atoms with Crippen LogP contribution in [0.3, 0.4) is 0 Å². The van der Waals surface area contributed by atoms with E-state index >= 15 is 0 Å². The molecule has 0 saturated heterocycles. The first-order valence-corrected chi connectivity index (χ1v) is 13.4. The third-order valence-electron chi connectivity index (χ3n) is 6.50. The van der Waals surface area contributed by atoms with Crippen molar-refractivity contribution in [2.45, 2.75) is 48.1 Å². The molecule has 0 saturated carbocycles. The lowest BCUT2D eigenvalue weighted by atomic mass is 9.90. The quantitative estimate of drug-likeness (QED) is 0.226. The number of nitrogens with zero attached hydrogens (tertiary/aromatic N) is 2. The Morgan fingerprint density at radius 1 is 0.907 bits per heavy atom. The van der Waals surface area contributed by atoms with Crippen LogP contribution in [0.1, 0.15) is 41.6 Å². The standard InChI is InChI=1S/C26H25Cl3F6N2O6/c1-13-5-18(17-9-20(40-2)21(41-3)10-19(17)37(13)23(39)43-12-24(27,28)29)36(22(38)42-4)11-14-6-15(25(30,31)32)8-16(7-14)26(33,34)35/h6-10,13,18H,5,11-12H2,1-4H3. The molecule has 238 valence electrons. The molecule has 0 aromatic heterocycles. The van der Waals surface area contributed by atoms with E-state index in [1.54, 1.807) is 6.92 Å². The maximum Gasteiger partial charge on any atom is 0.416 e. The highest BCUT2D eigenvalue weighted by molar-refractivity contribution is 6.67. The number of hydrogen-bond acceptors (Lipinski definition) is 6. The van der Waals surface area contributed by atoms with Crippen LogP contribution in [0, 0.1) is 0 Å². The summed E-state index contributed by atoms with van der Waals surface area (Å²) in [7, 11) is 3.65. The summed E-state index contributed by atoms with van der Waals surface area (Å²) >= 11 is 17.1. The lowest BCUT2D eigenvalue weighted by Crippen LogP contribution is -2.48. The number of carbonyl (C=O) groups is 2. The number of carbonyl (C=O) groups excluding carboxylic acids is 2. The predicted molar refractivity (Wildman–Crippen MR) is 145 cm³/mol. The maximum absolute atomic E-state index is 13.5. The van der Waals surface area contributed by atoms with Crippen LogP contribution in [0.5, 0.6) is 11.5 Å². The molecule has 2 atom stereocenters. The van der Waals surface area contributed by atoms with Crippen LogP contribution in [0.4, 0.5) is 41.6 Å². The largest absolute Gasteiger partial charge is 0.493 e. The first-order valence-electron chi connectivity index (χ1n) is 12.2. The lowest BCUT2D eigenvalue weighted by molar-refractivity contribution is -0.143. The van der Waals surface area contributed by atoms with E-state index in [2.05, 4.69) is 0 Å².